The Balaban J connectivity index is 1.75. The fourth-order valence-corrected chi connectivity index (χ4v) is 3.15. The third kappa shape index (κ3) is 5.02. The number of carbonyl (C=O) groups excluding carboxylic acids is 1. The van der Waals surface area contributed by atoms with Crippen molar-refractivity contribution in [2.75, 3.05) is 7.05 Å². The smallest absolute Gasteiger partial charge is 0.238 e. The molecule has 0 heterocycles. The zero-order chi connectivity index (χ0) is 19.1. The lowest BCUT2D eigenvalue weighted by molar-refractivity contribution is -0.120. The highest BCUT2D eigenvalue weighted by atomic mass is 32.1. The van der Waals surface area contributed by atoms with Gasteiger partial charge >= 0.3 is 0 Å². The quantitative estimate of drug-likeness (QED) is 0.674. The maximum atomic E-state index is 13.1. The van der Waals surface area contributed by atoms with Crippen LogP contribution in [-0.2, 0) is 11.3 Å². The van der Waals surface area contributed by atoms with Gasteiger partial charge in [-0.05, 0) is 28.9 Å². The van der Waals surface area contributed by atoms with E-state index < -0.39 is 5.92 Å². The number of thiocarbonyl (C=S) groups is 1. The van der Waals surface area contributed by atoms with Crippen LogP contribution in [0.2, 0.25) is 0 Å². The van der Waals surface area contributed by atoms with Crippen LogP contribution in [0, 0.1) is 0 Å². The lowest BCUT2D eigenvalue weighted by Crippen LogP contribution is -2.42. The minimum atomic E-state index is -0.407. The highest BCUT2D eigenvalue weighted by Crippen LogP contribution is 2.24. The summed E-state index contributed by atoms with van der Waals surface area (Å²) >= 11 is 5.47. The number of rotatable bonds is 5. The molecule has 0 unspecified atom stereocenters. The average Bonchev–Trinajstić information content (AvgIpc) is 2.70. The van der Waals surface area contributed by atoms with E-state index in [1.54, 1.807) is 0 Å². The molecule has 0 saturated carbocycles. The summed E-state index contributed by atoms with van der Waals surface area (Å²) in [6.07, 6.45) is 0. The maximum absolute atomic E-state index is 13.1. The Kier molecular flexibility index (Phi) is 6.34. The first-order valence-corrected chi connectivity index (χ1v) is 9.26. The molecule has 0 saturated heterocycles. The van der Waals surface area contributed by atoms with Crippen LogP contribution in [0.4, 0.5) is 0 Å². The van der Waals surface area contributed by atoms with E-state index in [4.69, 9.17) is 12.2 Å². The Labute approximate surface area is 165 Å². The normalized spacial score (nSPS) is 10.4. The first-order chi connectivity index (χ1) is 13.1. The SMILES string of the molecule is CN(Cc1ccccc1)C(=S)NC(=O)C(c1ccccc1)c1ccccc1. The van der Waals surface area contributed by atoms with Gasteiger partial charge in [0.2, 0.25) is 5.91 Å². The van der Waals surface area contributed by atoms with Crippen molar-refractivity contribution in [1.29, 1.82) is 0 Å². The van der Waals surface area contributed by atoms with Crippen LogP contribution in [0.15, 0.2) is 91.0 Å². The second-order valence-electron chi connectivity index (χ2n) is 6.39. The molecule has 0 fully saturated rings. The molecule has 0 bridgehead atoms. The van der Waals surface area contributed by atoms with E-state index in [0.29, 0.717) is 11.7 Å². The number of amides is 1. The zero-order valence-electron chi connectivity index (χ0n) is 15.2. The van der Waals surface area contributed by atoms with Crippen molar-refractivity contribution < 1.29 is 4.79 Å². The number of benzene rings is 3. The lowest BCUT2D eigenvalue weighted by Gasteiger charge is -2.23. The molecule has 0 aliphatic rings. The van der Waals surface area contributed by atoms with Gasteiger partial charge in [0.25, 0.3) is 0 Å². The molecule has 1 N–H and O–H groups in total. The van der Waals surface area contributed by atoms with Gasteiger partial charge < -0.3 is 10.2 Å². The van der Waals surface area contributed by atoms with Gasteiger partial charge in [-0.2, -0.15) is 0 Å². The van der Waals surface area contributed by atoms with Crippen LogP contribution in [-0.4, -0.2) is 23.0 Å². The molecule has 1 amide bonds. The number of nitrogens with zero attached hydrogens (tertiary/aromatic N) is 1. The second-order valence-corrected chi connectivity index (χ2v) is 6.78. The van der Waals surface area contributed by atoms with Crippen LogP contribution < -0.4 is 5.32 Å². The van der Waals surface area contributed by atoms with Gasteiger partial charge in [-0.1, -0.05) is 91.0 Å². The standard InChI is InChI=1S/C23H22N2OS/c1-25(17-18-11-5-2-6-12-18)23(27)24-22(26)21(19-13-7-3-8-14-19)20-15-9-4-10-16-20/h2-16,21H,17H2,1H3,(H,24,26,27). The van der Waals surface area contributed by atoms with E-state index in [9.17, 15) is 4.79 Å². The molecule has 0 aliphatic carbocycles. The summed E-state index contributed by atoms with van der Waals surface area (Å²) in [6, 6.07) is 29.6. The van der Waals surface area contributed by atoms with Gasteiger partial charge in [-0.3, -0.25) is 4.79 Å². The third-order valence-corrected chi connectivity index (χ3v) is 4.78. The van der Waals surface area contributed by atoms with Crippen molar-refractivity contribution in [1.82, 2.24) is 10.2 Å². The van der Waals surface area contributed by atoms with Gasteiger partial charge in [-0.25, -0.2) is 0 Å². The van der Waals surface area contributed by atoms with E-state index in [1.165, 1.54) is 0 Å². The van der Waals surface area contributed by atoms with Crippen molar-refractivity contribution in [2.45, 2.75) is 12.5 Å². The van der Waals surface area contributed by atoms with Gasteiger partial charge in [-0.15, -0.1) is 0 Å². The molecule has 3 aromatic rings. The largest absolute Gasteiger partial charge is 0.348 e. The minimum absolute atomic E-state index is 0.127. The van der Waals surface area contributed by atoms with Gasteiger partial charge in [0.1, 0.15) is 0 Å². The molecular weight excluding hydrogens is 352 g/mol. The molecule has 4 heteroatoms. The van der Waals surface area contributed by atoms with Crippen LogP contribution in [0.3, 0.4) is 0 Å². The Hall–Kier alpha value is -2.98. The fourth-order valence-electron chi connectivity index (χ4n) is 2.99. The Bertz CT molecular complexity index is 843. The summed E-state index contributed by atoms with van der Waals surface area (Å²) in [7, 11) is 1.88. The summed E-state index contributed by atoms with van der Waals surface area (Å²) in [4.78, 5) is 15.0. The Morgan fingerprint density at radius 1 is 0.852 bits per heavy atom. The summed E-state index contributed by atoms with van der Waals surface area (Å²) in [5, 5.41) is 3.33. The van der Waals surface area contributed by atoms with Gasteiger partial charge in [0, 0.05) is 13.6 Å². The topological polar surface area (TPSA) is 32.3 Å². The van der Waals surface area contributed by atoms with Gasteiger partial charge in [0.15, 0.2) is 5.11 Å². The van der Waals surface area contributed by atoms with Gasteiger partial charge in [0.05, 0.1) is 5.92 Å². The van der Waals surface area contributed by atoms with Crippen LogP contribution >= 0.6 is 12.2 Å². The number of hydrogen-bond donors (Lipinski definition) is 1. The predicted octanol–water partition coefficient (Wildman–Crippen LogP) is 4.35. The van der Waals surface area contributed by atoms with E-state index >= 15 is 0 Å². The average molecular weight is 375 g/mol. The molecule has 0 aromatic heterocycles. The molecule has 3 aromatic carbocycles. The molecular formula is C23H22N2OS. The maximum Gasteiger partial charge on any atom is 0.238 e. The van der Waals surface area contributed by atoms with Crippen LogP contribution in [0.25, 0.3) is 0 Å². The molecule has 0 atom stereocenters. The van der Waals surface area contributed by atoms with E-state index in [1.807, 2.05) is 103 Å². The number of carbonyl (C=O) groups is 1. The van der Waals surface area contributed by atoms with E-state index in [2.05, 4.69) is 5.32 Å². The summed E-state index contributed by atoms with van der Waals surface area (Å²) in [5.74, 6) is -0.534. The minimum Gasteiger partial charge on any atom is -0.348 e. The van der Waals surface area contributed by atoms with Crippen molar-refractivity contribution in [3.63, 3.8) is 0 Å². The molecule has 0 spiro atoms. The highest BCUT2D eigenvalue weighted by Gasteiger charge is 2.24. The van der Waals surface area contributed by atoms with Crippen molar-refractivity contribution in [2.24, 2.45) is 0 Å². The van der Waals surface area contributed by atoms with Crippen LogP contribution in [0.5, 0.6) is 0 Å². The predicted molar refractivity (Wildman–Crippen MR) is 113 cm³/mol. The molecule has 27 heavy (non-hydrogen) atoms. The first kappa shape index (κ1) is 18.8. The molecule has 136 valence electrons. The van der Waals surface area contributed by atoms with Crippen molar-refractivity contribution in [3.05, 3.63) is 108 Å². The Morgan fingerprint density at radius 2 is 1.30 bits per heavy atom. The molecule has 0 radical (unpaired) electrons. The third-order valence-electron chi connectivity index (χ3n) is 4.37. The zero-order valence-corrected chi connectivity index (χ0v) is 16.0. The lowest BCUT2D eigenvalue weighted by atomic mass is 9.90. The Morgan fingerprint density at radius 3 is 1.78 bits per heavy atom. The van der Waals surface area contributed by atoms with E-state index in [0.717, 1.165) is 16.7 Å². The fraction of sp³-hybridized carbons (Fsp3) is 0.130. The summed E-state index contributed by atoms with van der Waals surface area (Å²) in [5.41, 5.74) is 3.02. The summed E-state index contributed by atoms with van der Waals surface area (Å²) in [6.45, 7) is 0.640. The van der Waals surface area contributed by atoms with Crippen LogP contribution in [0.1, 0.15) is 22.6 Å². The molecule has 3 rings (SSSR count). The monoisotopic (exact) mass is 374 g/mol. The highest BCUT2D eigenvalue weighted by molar-refractivity contribution is 7.80. The van der Waals surface area contributed by atoms with Crippen molar-refractivity contribution >= 4 is 23.2 Å². The summed E-state index contributed by atoms with van der Waals surface area (Å²) < 4.78 is 0. The van der Waals surface area contributed by atoms with E-state index in [-0.39, 0.29) is 5.91 Å². The molecule has 0 aliphatic heterocycles. The molecule has 3 nitrogen and oxygen atoms in total. The second kappa shape index (κ2) is 9.10. The first-order valence-electron chi connectivity index (χ1n) is 8.85. The number of nitrogens with one attached hydrogen (secondary N) is 1. The number of hydrogen-bond acceptors (Lipinski definition) is 2. The van der Waals surface area contributed by atoms with Crippen molar-refractivity contribution in [3.8, 4) is 0 Å².